The fourth-order valence-electron chi connectivity index (χ4n) is 2.70. The summed E-state index contributed by atoms with van der Waals surface area (Å²) in [7, 11) is 0. The molecule has 4 nitrogen and oxygen atoms in total. The highest BCUT2D eigenvalue weighted by Gasteiger charge is 2.31. The molecule has 0 radical (unpaired) electrons. The summed E-state index contributed by atoms with van der Waals surface area (Å²) in [6.45, 7) is 2.68. The van der Waals surface area contributed by atoms with Crippen molar-refractivity contribution in [1.82, 2.24) is 9.97 Å². The number of hydrogen-bond acceptors (Lipinski definition) is 4. The van der Waals surface area contributed by atoms with E-state index in [1.165, 1.54) is 6.07 Å². The Balaban J connectivity index is 1.83. The Morgan fingerprint density at radius 1 is 1.28 bits per heavy atom. The monoisotopic (exact) mass is 419 g/mol. The van der Waals surface area contributed by atoms with Crippen LogP contribution in [-0.2, 0) is 13.0 Å². The zero-order valence-electron chi connectivity index (χ0n) is 13.2. The topological polar surface area (TPSA) is 38.2 Å². The van der Waals surface area contributed by atoms with Crippen LogP contribution in [0.25, 0.3) is 0 Å². The third-order valence-electron chi connectivity index (χ3n) is 3.82. The predicted molar refractivity (Wildman–Crippen MR) is 86.9 cm³/mol. The molecule has 2 aromatic rings. The Morgan fingerprint density at radius 3 is 2.72 bits per heavy atom. The summed E-state index contributed by atoms with van der Waals surface area (Å²) in [5.74, 6) is -0.648. The fraction of sp³-hybridized carbons (Fsp3) is 0.375. The number of rotatable bonds is 3. The van der Waals surface area contributed by atoms with E-state index in [-0.39, 0.29) is 12.1 Å². The van der Waals surface area contributed by atoms with Gasteiger partial charge in [0.1, 0.15) is 16.2 Å². The Labute approximate surface area is 150 Å². The molecule has 0 bridgehead atoms. The molecular formula is C16H14BrF4N3O. The number of nitrogens with zero attached hydrogens (tertiary/aromatic N) is 3. The van der Waals surface area contributed by atoms with Crippen LogP contribution in [0, 0.1) is 12.7 Å². The van der Waals surface area contributed by atoms with Crippen molar-refractivity contribution in [2.45, 2.75) is 32.7 Å². The van der Waals surface area contributed by atoms with Crippen molar-refractivity contribution in [3.05, 3.63) is 45.6 Å². The Morgan fingerprint density at radius 2 is 2.04 bits per heavy atom. The lowest BCUT2D eigenvalue weighted by molar-refractivity contribution is -0.274. The quantitative estimate of drug-likeness (QED) is 0.684. The van der Waals surface area contributed by atoms with Gasteiger partial charge in [0.05, 0.1) is 11.4 Å². The molecule has 25 heavy (non-hydrogen) atoms. The molecule has 2 heterocycles. The van der Waals surface area contributed by atoms with E-state index in [9.17, 15) is 17.6 Å². The van der Waals surface area contributed by atoms with E-state index in [1.807, 2.05) is 11.8 Å². The third-order valence-corrected chi connectivity index (χ3v) is 4.57. The molecule has 1 aliphatic rings. The molecule has 0 saturated carbocycles. The van der Waals surface area contributed by atoms with Gasteiger partial charge in [-0.1, -0.05) is 6.07 Å². The molecule has 0 saturated heterocycles. The zero-order valence-corrected chi connectivity index (χ0v) is 14.8. The minimum absolute atomic E-state index is 0.195. The summed E-state index contributed by atoms with van der Waals surface area (Å²) in [5, 5.41) is 0. The lowest BCUT2D eigenvalue weighted by Crippen LogP contribution is -2.31. The maximum Gasteiger partial charge on any atom is 0.573 e. The van der Waals surface area contributed by atoms with Gasteiger partial charge < -0.3 is 9.64 Å². The second kappa shape index (κ2) is 6.78. The highest BCUT2D eigenvalue weighted by atomic mass is 79.9. The van der Waals surface area contributed by atoms with E-state index in [4.69, 9.17) is 0 Å². The molecule has 1 aromatic heterocycles. The second-order valence-electron chi connectivity index (χ2n) is 5.70. The lowest BCUT2D eigenvalue weighted by Gasteiger charge is -2.30. The second-order valence-corrected chi connectivity index (χ2v) is 6.45. The van der Waals surface area contributed by atoms with Crippen LogP contribution in [0.4, 0.5) is 23.4 Å². The molecule has 0 atom stereocenters. The summed E-state index contributed by atoms with van der Waals surface area (Å²) in [4.78, 5) is 10.8. The molecule has 1 aromatic carbocycles. The molecular weight excluding hydrogens is 406 g/mol. The number of anilines is 1. The molecule has 3 rings (SSSR count). The molecule has 0 amide bonds. The molecule has 1 aliphatic heterocycles. The minimum atomic E-state index is -4.85. The van der Waals surface area contributed by atoms with Crippen LogP contribution in [-0.4, -0.2) is 22.9 Å². The van der Waals surface area contributed by atoms with Crippen molar-refractivity contribution in [1.29, 1.82) is 0 Å². The van der Waals surface area contributed by atoms with Crippen molar-refractivity contribution in [2.24, 2.45) is 0 Å². The molecule has 134 valence electrons. The molecule has 9 heteroatoms. The Hall–Kier alpha value is -1.90. The van der Waals surface area contributed by atoms with E-state index in [0.29, 0.717) is 17.0 Å². The first-order chi connectivity index (χ1) is 11.7. The van der Waals surface area contributed by atoms with E-state index in [1.54, 1.807) is 0 Å². The number of aromatic nitrogens is 2. The van der Waals surface area contributed by atoms with Gasteiger partial charge in [0.15, 0.2) is 5.82 Å². The van der Waals surface area contributed by atoms with Gasteiger partial charge in [-0.3, -0.25) is 0 Å². The smallest absolute Gasteiger partial charge is 0.406 e. The predicted octanol–water partition coefficient (Wildman–Crippen LogP) is 4.54. The third kappa shape index (κ3) is 4.20. The number of benzene rings is 1. The summed E-state index contributed by atoms with van der Waals surface area (Å²) < 4.78 is 55.2. The van der Waals surface area contributed by atoms with Gasteiger partial charge in [-0.2, -0.15) is 0 Å². The summed E-state index contributed by atoms with van der Waals surface area (Å²) in [5.41, 5.74) is 1.81. The molecule has 0 N–H and O–H groups in total. The lowest BCUT2D eigenvalue weighted by atomic mass is 10.1. The standard InChI is InChI=1S/C16H14BrF4N3O/c1-9-14(17)23-13-3-2-6-24(15(13)22-9)8-10-4-5-11(7-12(10)18)25-16(19,20)21/h4-5,7H,2-3,6,8H2,1H3. The van der Waals surface area contributed by atoms with Crippen LogP contribution < -0.4 is 9.64 Å². The average Bonchev–Trinajstić information content (AvgIpc) is 2.50. The fourth-order valence-corrected chi connectivity index (χ4v) is 3.00. The summed E-state index contributed by atoms with van der Waals surface area (Å²) in [6, 6.07) is 3.14. The largest absolute Gasteiger partial charge is 0.573 e. The number of hydrogen-bond donors (Lipinski definition) is 0. The van der Waals surface area contributed by atoms with Crippen molar-refractivity contribution in [2.75, 3.05) is 11.4 Å². The molecule has 0 spiro atoms. The first kappa shape index (κ1) is 17.9. The maximum absolute atomic E-state index is 14.2. The maximum atomic E-state index is 14.2. The SMILES string of the molecule is Cc1nc2c(nc1Br)CCCN2Cc1ccc(OC(F)(F)F)cc1F. The normalized spacial score (nSPS) is 14.4. The highest BCUT2D eigenvalue weighted by Crippen LogP contribution is 2.29. The number of fused-ring (bicyclic) bond motifs is 1. The van der Waals surface area contributed by atoms with Gasteiger partial charge >= 0.3 is 6.36 Å². The van der Waals surface area contributed by atoms with Crippen molar-refractivity contribution >= 4 is 21.7 Å². The van der Waals surface area contributed by atoms with Crippen molar-refractivity contribution in [3.63, 3.8) is 0 Å². The van der Waals surface area contributed by atoms with E-state index in [2.05, 4.69) is 30.6 Å². The highest BCUT2D eigenvalue weighted by molar-refractivity contribution is 9.10. The first-order valence-corrected chi connectivity index (χ1v) is 8.34. The Kier molecular flexibility index (Phi) is 4.86. The number of aryl methyl sites for hydroxylation is 2. The average molecular weight is 420 g/mol. The van der Waals surface area contributed by atoms with Crippen LogP contribution in [0.1, 0.15) is 23.4 Å². The van der Waals surface area contributed by atoms with Gasteiger partial charge in [0, 0.05) is 24.7 Å². The van der Waals surface area contributed by atoms with E-state index >= 15 is 0 Å². The van der Waals surface area contributed by atoms with E-state index in [0.717, 1.165) is 36.4 Å². The van der Waals surface area contributed by atoms with Crippen molar-refractivity contribution < 1.29 is 22.3 Å². The summed E-state index contributed by atoms with van der Waals surface area (Å²) in [6.07, 6.45) is -3.23. The number of ether oxygens (including phenoxy) is 1. The van der Waals surface area contributed by atoms with Crippen LogP contribution in [0.5, 0.6) is 5.75 Å². The van der Waals surface area contributed by atoms with Crippen LogP contribution >= 0.6 is 15.9 Å². The van der Waals surface area contributed by atoms with Crippen molar-refractivity contribution in [3.8, 4) is 5.75 Å². The Bertz CT molecular complexity index is 798. The first-order valence-electron chi connectivity index (χ1n) is 7.55. The zero-order chi connectivity index (χ0) is 18.2. The van der Waals surface area contributed by atoms with Crippen LogP contribution in [0.3, 0.4) is 0 Å². The van der Waals surface area contributed by atoms with Gasteiger partial charge in [0.25, 0.3) is 0 Å². The van der Waals surface area contributed by atoms with Gasteiger partial charge in [-0.25, -0.2) is 14.4 Å². The van der Waals surface area contributed by atoms with E-state index < -0.39 is 17.9 Å². The van der Waals surface area contributed by atoms with Crippen LogP contribution in [0.15, 0.2) is 22.8 Å². The van der Waals surface area contributed by atoms with Gasteiger partial charge in [-0.05, 0) is 41.8 Å². The minimum Gasteiger partial charge on any atom is -0.406 e. The molecule has 0 fully saturated rings. The molecule has 0 aliphatic carbocycles. The van der Waals surface area contributed by atoms with Crippen LogP contribution in [0.2, 0.25) is 0 Å². The van der Waals surface area contributed by atoms with Gasteiger partial charge in [0.2, 0.25) is 0 Å². The van der Waals surface area contributed by atoms with Gasteiger partial charge in [-0.15, -0.1) is 13.2 Å². The number of alkyl halides is 3. The number of halogens is 5. The molecule has 0 unspecified atom stereocenters. The summed E-state index contributed by atoms with van der Waals surface area (Å²) >= 11 is 3.35.